The van der Waals surface area contributed by atoms with Crippen LogP contribution in [0.1, 0.15) is 4.88 Å². The van der Waals surface area contributed by atoms with Crippen LogP contribution in [0.4, 0.5) is 0 Å². The molecular weight excluding hydrogens is 286 g/mol. The van der Waals surface area contributed by atoms with Crippen LogP contribution < -0.4 is 5.73 Å². The van der Waals surface area contributed by atoms with E-state index < -0.39 is 5.91 Å². The maximum atomic E-state index is 11.0. The molecule has 0 radical (unpaired) electrons. The number of nitriles is 1. The summed E-state index contributed by atoms with van der Waals surface area (Å²) >= 11 is 1.42. The number of nitrogens with zero attached hydrogens (tertiary/aromatic N) is 3. The highest BCUT2D eigenvalue weighted by molar-refractivity contribution is 7.11. The molecule has 3 aromatic heterocycles. The van der Waals surface area contributed by atoms with Gasteiger partial charge in [0, 0.05) is 16.6 Å². The second-order valence-electron chi connectivity index (χ2n) is 4.27. The Labute approximate surface area is 123 Å². The summed E-state index contributed by atoms with van der Waals surface area (Å²) in [6.07, 6.45) is 4.81. The topological polar surface area (TPSA) is 108 Å². The fraction of sp³-hybridized carbons (Fsp3) is 0. The minimum Gasteiger partial charge on any atom is -0.365 e. The van der Waals surface area contributed by atoms with Crippen molar-refractivity contribution in [3.8, 4) is 17.2 Å². The number of amides is 1. The van der Waals surface area contributed by atoms with E-state index in [1.165, 1.54) is 17.4 Å². The van der Waals surface area contributed by atoms with Crippen LogP contribution in [0.2, 0.25) is 0 Å². The Morgan fingerprint density at radius 3 is 3.00 bits per heavy atom. The van der Waals surface area contributed by atoms with Gasteiger partial charge in [-0.3, -0.25) is 4.79 Å². The van der Waals surface area contributed by atoms with E-state index in [1.54, 1.807) is 18.6 Å². The minimum absolute atomic E-state index is 0.0643. The van der Waals surface area contributed by atoms with E-state index in [-0.39, 0.29) is 5.57 Å². The molecule has 102 valence electrons. The van der Waals surface area contributed by atoms with E-state index in [0.717, 1.165) is 21.5 Å². The molecule has 0 aliphatic carbocycles. The summed E-state index contributed by atoms with van der Waals surface area (Å²) in [6, 6.07) is 5.62. The number of H-pyrrole nitrogens is 1. The van der Waals surface area contributed by atoms with Gasteiger partial charge < -0.3 is 10.7 Å². The summed E-state index contributed by atoms with van der Waals surface area (Å²) in [5, 5.41) is 10.8. The van der Waals surface area contributed by atoms with Crippen LogP contribution in [-0.2, 0) is 4.79 Å². The summed E-state index contributed by atoms with van der Waals surface area (Å²) in [5.74, 6) is -0.729. The van der Waals surface area contributed by atoms with Gasteiger partial charge in [-0.25, -0.2) is 9.97 Å². The Balaban J connectivity index is 1.98. The van der Waals surface area contributed by atoms with Crippen molar-refractivity contribution in [3.05, 3.63) is 40.5 Å². The minimum atomic E-state index is -0.729. The molecule has 3 N–H and O–H groups in total. The molecule has 0 aliphatic heterocycles. The average molecular weight is 295 g/mol. The third kappa shape index (κ3) is 2.52. The second-order valence-corrected chi connectivity index (χ2v) is 5.21. The van der Waals surface area contributed by atoms with Crippen LogP contribution in [0.25, 0.3) is 28.4 Å². The number of pyridine rings is 1. The van der Waals surface area contributed by atoms with Crippen molar-refractivity contribution in [3.63, 3.8) is 0 Å². The summed E-state index contributed by atoms with van der Waals surface area (Å²) in [7, 11) is 0. The summed E-state index contributed by atoms with van der Waals surface area (Å²) in [4.78, 5) is 23.2. The van der Waals surface area contributed by atoms with Gasteiger partial charge in [0.05, 0.1) is 11.8 Å². The highest BCUT2D eigenvalue weighted by Crippen LogP contribution is 2.27. The largest absolute Gasteiger partial charge is 0.365 e. The van der Waals surface area contributed by atoms with Crippen LogP contribution in [0.3, 0.4) is 0 Å². The number of aromatic nitrogens is 3. The van der Waals surface area contributed by atoms with Gasteiger partial charge in [0.25, 0.3) is 5.91 Å². The zero-order chi connectivity index (χ0) is 14.8. The van der Waals surface area contributed by atoms with E-state index >= 15 is 0 Å². The van der Waals surface area contributed by atoms with Gasteiger partial charge in [0.1, 0.15) is 11.6 Å². The van der Waals surface area contributed by atoms with Crippen LogP contribution in [0, 0.1) is 11.3 Å². The van der Waals surface area contributed by atoms with Crippen molar-refractivity contribution in [2.24, 2.45) is 5.73 Å². The molecule has 7 heteroatoms. The van der Waals surface area contributed by atoms with Crippen LogP contribution in [0.5, 0.6) is 0 Å². The van der Waals surface area contributed by atoms with E-state index in [1.807, 2.05) is 17.5 Å². The lowest BCUT2D eigenvalue weighted by molar-refractivity contribution is -0.114. The Morgan fingerprint density at radius 2 is 2.24 bits per heavy atom. The third-order valence-electron chi connectivity index (χ3n) is 2.90. The van der Waals surface area contributed by atoms with E-state index in [9.17, 15) is 4.79 Å². The van der Waals surface area contributed by atoms with E-state index in [4.69, 9.17) is 11.0 Å². The van der Waals surface area contributed by atoms with Crippen LogP contribution in [-0.4, -0.2) is 20.9 Å². The Hall–Kier alpha value is -2.98. The number of imidazole rings is 1. The monoisotopic (exact) mass is 295 g/mol. The van der Waals surface area contributed by atoms with Gasteiger partial charge >= 0.3 is 0 Å². The summed E-state index contributed by atoms with van der Waals surface area (Å²) < 4.78 is 0. The number of hydrogen-bond donors (Lipinski definition) is 2. The molecule has 0 atom stereocenters. The highest BCUT2D eigenvalue weighted by Gasteiger charge is 2.07. The van der Waals surface area contributed by atoms with Crippen molar-refractivity contribution < 1.29 is 4.79 Å². The molecule has 6 nitrogen and oxygen atoms in total. The third-order valence-corrected chi connectivity index (χ3v) is 3.78. The van der Waals surface area contributed by atoms with Crippen molar-refractivity contribution in [2.45, 2.75) is 0 Å². The molecule has 0 unspecified atom stereocenters. The predicted octanol–water partition coefficient (Wildman–Crippen LogP) is 2.08. The number of aromatic amines is 1. The molecule has 0 bridgehead atoms. The molecule has 0 saturated carbocycles. The molecular formula is C14H9N5OS. The fourth-order valence-electron chi connectivity index (χ4n) is 1.87. The van der Waals surface area contributed by atoms with Gasteiger partial charge in [-0.15, -0.1) is 11.3 Å². The number of nitrogens with one attached hydrogen (secondary N) is 1. The molecule has 1 amide bonds. The molecule has 0 aliphatic rings. The quantitative estimate of drug-likeness (QED) is 0.569. The zero-order valence-corrected chi connectivity index (χ0v) is 11.5. The summed E-state index contributed by atoms with van der Waals surface area (Å²) in [5.41, 5.74) is 8.45. The average Bonchev–Trinajstić information content (AvgIpc) is 3.12. The first-order chi connectivity index (χ1) is 10.2. The van der Waals surface area contributed by atoms with Gasteiger partial charge in [-0.05, 0) is 29.2 Å². The van der Waals surface area contributed by atoms with Crippen molar-refractivity contribution in [1.82, 2.24) is 15.0 Å². The van der Waals surface area contributed by atoms with Gasteiger partial charge in [0.15, 0.2) is 5.65 Å². The fourth-order valence-corrected chi connectivity index (χ4v) is 2.72. The first kappa shape index (κ1) is 13.0. The molecule has 21 heavy (non-hydrogen) atoms. The number of hydrogen-bond acceptors (Lipinski definition) is 5. The standard InChI is InChI=1S/C14H9N5OS/c15-4-8(13(16)20)1-11-2-10(6-21-11)9-3-12-14(17-5-9)19-7-18-12/h1-3,5-7H,(H2,16,20)(H,17,18,19)/b8-1+. The van der Waals surface area contributed by atoms with Crippen molar-refractivity contribution in [2.75, 3.05) is 0 Å². The number of primary amides is 1. The molecule has 3 heterocycles. The smallest absolute Gasteiger partial charge is 0.259 e. The van der Waals surface area contributed by atoms with E-state index in [0.29, 0.717) is 5.65 Å². The molecule has 0 fully saturated rings. The highest BCUT2D eigenvalue weighted by atomic mass is 32.1. The van der Waals surface area contributed by atoms with Crippen molar-refractivity contribution in [1.29, 1.82) is 5.26 Å². The first-order valence-electron chi connectivity index (χ1n) is 5.97. The summed E-state index contributed by atoms with van der Waals surface area (Å²) in [6.45, 7) is 0. The number of carbonyl (C=O) groups is 1. The molecule has 0 aromatic carbocycles. The Kier molecular flexibility index (Phi) is 3.22. The number of fused-ring (bicyclic) bond motifs is 1. The molecule has 3 rings (SSSR count). The molecule has 0 spiro atoms. The second kappa shape index (κ2) is 5.19. The van der Waals surface area contributed by atoms with Crippen LogP contribution in [0.15, 0.2) is 35.6 Å². The normalized spacial score (nSPS) is 11.5. The number of carbonyl (C=O) groups excluding carboxylic acids is 1. The Morgan fingerprint density at radius 1 is 1.38 bits per heavy atom. The maximum absolute atomic E-state index is 11.0. The molecule has 0 saturated heterocycles. The van der Waals surface area contributed by atoms with Crippen LogP contribution >= 0.6 is 11.3 Å². The number of nitrogens with two attached hydrogens (primary N) is 1. The molecule has 3 aromatic rings. The maximum Gasteiger partial charge on any atom is 0.259 e. The lowest BCUT2D eigenvalue weighted by atomic mass is 10.1. The first-order valence-corrected chi connectivity index (χ1v) is 6.85. The number of rotatable bonds is 3. The van der Waals surface area contributed by atoms with Crippen molar-refractivity contribution >= 4 is 34.5 Å². The van der Waals surface area contributed by atoms with E-state index in [2.05, 4.69) is 15.0 Å². The van der Waals surface area contributed by atoms with Gasteiger partial charge in [-0.2, -0.15) is 5.26 Å². The SMILES string of the molecule is N#C/C(=C\c1cc(-c2cnc3nc[nH]c3c2)cs1)C(N)=O. The lowest BCUT2D eigenvalue weighted by Gasteiger charge is -1.96. The zero-order valence-electron chi connectivity index (χ0n) is 10.7. The lowest BCUT2D eigenvalue weighted by Crippen LogP contribution is -2.12. The van der Waals surface area contributed by atoms with Gasteiger partial charge in [0.2, 0.25) is 0 Å². The Bertz CT molecular complexity index is 899. The number of thiophene rings is 1. The van der Waals surface area contributed by atoms with Gasteiger partial charge in [-0.1, -0.05) is 0 Å². The predicted molar refractivity (Wildman–Crippen MR) is 80.0 cm³/mol.